The lowest BCUT2D eigenvalue weighted by atomic mass is 9.97. The third-order valence-corrected chi connectivity index (χ3v) is 5.60. The van der Waals surface area contributed by atoms with Crippen LogP contribution in [0, 0.1) is 6.92 Å². The summed E-state index contributed by atoms with van der Waals surface area (Å²) >= 11 is 1.30. The van der Waals surface area contributed by atoms with E-state index in [9.17, 15) is 4.79 Å². The number of carbonyl (C=O) groups excluding carboxylic acids is 1. The van der Waals surface area contributed by atoms with Crippen LogP contribution in [0.2, 0.25) is 0 Å². The number of rotatable bonds is 5. The predicted molar refractivity (Wildman–Crippen MR) is 96.2 cm³/mol. The first kappa shape index (κ1) is 17.5. The smallest absolute Gasteiger partial charge is 0.273 e. The van der Waals surface area contributed by atoms with Crippen LogP contribution in [0.5, 0.6) is 16.7 Å². The van der Waals surface area contributed by atoms with E-state index in [-0.39, 0.29) is 11.8 Å². The van der Waals surface area contributed by atoms with Gasteiger partial charge in [-0.1, -0.05) is 11.3 Å². The predicted octanol–water partition coefficient (Wildman–Crippen LogP) is 3.11. The van der Waals surface area contributed by atoms with Crippen molar-refractivity contribution in [3.05, 3.63) is 34.3 Å². The van der Waals surface area contributed by atoms with E-state index in [0.717, 1.165) is 23.5 Å². The number of nitrogens with zero attached hydrogens (tertiary/aromatic N) is 2. The fourth-order valence-electron chi connectivity index (χ4n) is 3.16. The van der Waals surface area contributed by atoms with Crippen molar-refractivity contribution >= 4 is 17.2 Å². The summed E-state index contributed by atoms with van der Waals surface area (Å²) in [6, 6.07) is 5.79. The summed E-state index contributed by atoms with van der Waals surface area (Å²) in [7, 11) is 4.87. The summed E-state index contributed by atoms with van der Waals surface area (Å²) in [5, 5.41) is 0.520. The molecule has 0 saturated carbocycles. The van der Waals surface area contributed by atoms with Crippen LogP contribution in [0.15, 0.2) is 18.2 Å². The highest BCUT2D eigenvalue weighted by Crippen LogP contribution is 2.37. The first-order chi connectivity index (χ1) is 12.1. The SMILES string of the molecule is COc1ccc(OC)c(C2CCN(C(=O)c3sc(OC)nc3C)C2)c1. The molecule has 1 aliphatic rings. The summed E-state index contributed by atoms with van der Waals surface area (Å²) in [4.78, 5) is 19.6. The molecular weight excluding hydrogens is 340 g/mol. The van der Waals surface area contributed by atoms with Crippen molar-refractivity contribution in [1.82, 2.24) is 9.88 Å². The molecule has 3 rings (SSSR count). The molecule has 6 nitrogen and oxygen atoms in total. The van der Waals surface area contributed by atoms with Gasteiger partial charge in [0, 0.05) is 24.6 Å². The number of methoxy groups -OCH3 is 3. The minimum Gasteiger partial charge on any atom is -0.497 e. The van der Waals surface area contributed by atoms with Gasteiger partial charge in [-0.3, -0.25) is 4.79 Å². The Morgan fingerprint density at radius 1 is 1.24 bits per heavy atom. The highest BCUT2D eigenvalue weighted by atomic mass is 32.1. The van der Waals surface area contributed by atoms with Gasteiger partial charge >= 0.3 is 0 Å². The van der Waals surface area contributed by atoms with E-state index in [0.29, 0.717) is 28.9 Å². The van der Waals surface area contributed by atoms with Gasteiger partial charge in [-0.05, 0) is 31.5 Å². The van der Waals surface area contributed by atoms with Crippen LogP contribution in [-0.4, -0.2) is 50.2 Å². The number of hydrogen-bond acceptors (Lipinski definition) is 6. The molecule has 0 aliphatic carbocycles. The van der Waals surface area contributed by atoms with Gasteiger partial charge in [0.05, 0.1) is 27.0 Å². The minimum atomic E-state index is 0.0164. The lowest BCUT2D eigenvalue weighted by molar-refractivity contribution is 0.0794. The molecule has 0 N–H and O–H groups in total. The topological polar surface area (TPSA) is 60.9 Å². The van der Waals surface area contributed by atoms with Crippen molar-refractivity contribution in [1.29, 1.82) is 0 Å². The second kappa shape index (κ2) is 7.31. The highest BCUT2D eigenvalue weighted by Gasteiger charge is 2.31. The summed E-state index contributed by atoms with van der Waals surface area (Å²) in [5.41, 5.74) is 1.80. The number of carbonyl (C=O) groups is 1. The van der Waals surface area contributed by atoms with Gasteiger partial charge in [-0.25, -0.2) is 4.98 Å². The highest BCUT2D eigenvalue weighted by molar-refractivity contribution is 7.15. The van der Waals surface area contributed by atoms with E-state index in [1.165, 1.54) is 11.3 Å². The molecule has 1 aliphatic heterocycles. The average molecular weight is 362 g/mol. The van der Waals surface area contributed by atoms with Crippen molar-refractivity contribution in [3.8, 4) is 16.7 Å². The molecule has 2 heterocycles. The van der Waals surface area contributed by atoms with Gasteiger partial charge in [0.2, 0.25) is 0 Å². The van der Waals surface area contributed by atoms with E-state index in [1.54, 1.807) is 21.3 Å². The molecule has 2 aromatic rings. The Balaban J connectivity index is 1.79. The van der Waals surface area contributed by atoms with Crippen LogP contribution < -0.4 is 14.2 Å². The Bertz CT molecular complexity index is 774. The molecule has 25 heavy (non-hydrogen) atoms. The summed E-state index contributed by atoms with van der Waals surface area (Å²) in [6.07, 6.45) is 0.893. The third kappa shape index (κ3) is 3.42. The van der Waals surface area contributed by atoms with Crippen molar-refractivity contribution in [2.45, 2.75) is 19.3 Å². The molecule has 1 fully saturated rings. The van der Waals surface area contributed by atoms with Crippen LogP contribution in [0.1, 0.15) is 33.3 Å². The van der Waals surface area contributed by atoms with Crippen molar-refractivity contribution in [2.75, 3.05) is 34.4 Å². The number of aryl methyl sites for hydroxylation is 1. The average Bonchev–Trinajstić information content (AvgIpc) is 3.27. The molecule has 1 atom stereocenters. The van der Waals surface area contributed by atoms with E-state index >= 15 is 0 Å². The first-order valence-corrected chi connectivity index (χ1v) is 8.91. The molecule has 7 heteroatoms. The van der Waals surface area contributed by atoms with Crippen LogP contribution >= 0.6 is 11.3 Å². The fraction of sp³-hybridized carbons (Fsp3) is 0.444. The fourth-order valence-corrected chi connectivity index (χ4v) is 4.01. The quantitative estimate of drug-likeness (QED) is 0.818. The van der Waals surface area contributed by atoms with E-state index in [2.05, 4.69) is 4.98 Å². The zero-order chi connectivity index (χ0) is 18.0. The number of hydrogen-bond donors (Lipinski definition) is 0. The maximum Gasteiger partial charge on any atom is 0.273 e. The molecule has 0 spiro atoms. The molecule has 0 bridgehead atoms. The maximum atomic E-state index is 12.8. The zero-order valence-electron chi connectivity index (χ0n) is 14.9. The van der Waals surface area contributed by atoms with Gasteiger partial charge in [-0.15, -0.1) is 0 Å². The van der Waals surface area contributed by atoms with Crippen molar-refractivity contribution in [2.24, 2.45) is 0 Å². The van der Waals surface area contributed by atoms with Crippen LogP contribution in [0.25, 0.3) is 0 Å². The monoisotopic (exact) mass is 362 g/mol. The van der Waals surface area contributed by atoms with Gasteiger partial charge in [0.1, 0.15) is 16.4 Å². The standard InChI is InChI=1S/C18H22N2O4S/c1-11-16(25-18(19-11)24-4)17(21)20-8-7-12(10-20)14-9-13(22-2)5-6-15(14)23-3/h5-6,9,12H,7-8,10H2,1-4H3. The second-order valence-corrected chi connectivity index (χ2v) is 6.90. The second-order valence-electron chi connectivity index (χ2n) is 5.94. The third-order valence-electron chi connectivity index (χ3n) is 4.50. The molecular formula is C18H22N2O4S. The van der Waals surface area contributed by atoms with Gasteiger partial charge in [0.25, 0.3) is 11.1 Å². The van der Waals surface area contributed by atoms with E-state index in [1.807, 2.05) is 30.0 Å². The Labute approximate surface area is 151 Å². The van der Waals surface area contributed by atoms with Crippen LogP contribution in [-0.2, 0) is 0 Å². The summed E-state index contributed by atoms with van der Waals surface area (Å²) in [5.74, 6) is 1.87. The molecule has 1 aromatic heterocycles. The normalized spacial score (nSPS) is 16.8. The number of benzene rings is 1. The molecule has 1 unspecified atom stereocenters. The van der Waals surface area contributed by atoms with Gasteiger partial charge < -0.3 is 19.1 Å². The van der Waals surface area contributed by atoms with E-state index < -0.39 is 0 Å². The minimum absolute atomic E-state index is 0.0164. The molecule has 1 amide bonds. The first-order valence-electron chi connectivity index (χ1n) is 8.10. The molecule has 1 aromatic carbocycles. The summed E-state index contributed by atoms with van der Waals surface area (Å²) in [6.45, 7) is 3.20. The summed E-state index contributed by atoms with van der Waals surface area (Å²) < 4.78 is 16.0. The van der Waals surface area contributed by atoms with E-state index in [4.69, 9.17) is 14.2 Å². The zero-order valence-corrected chi connectivity index (χ0v) is 15.7. The lowest BCUT2D eigenvalue weighted by Gasteiger charge is -2.18. The molecule has 0 radical (unpaired) electrons. The van der Waals surface area contributed by atoms with Crippen molar-refractivity contribution in [3.63, 3.8) is 0 Å². The van der Waals surface area contributed by atoms with Crippen LogP contribution in [0.3, 0.4) is 0 Å². The number of thiazole rings is 1. The van der Waals surface area contributed by atoms with Gasteiger partial charge in [0.15, 0.2) is 0 Å². The number of ether oxygens (including phenoxy) is 3. The number of aromatic nitrogens is 1. The Morgan fingerprint density at radius 2 is 2.04 bits per heavy atom. The Kier molecular flexibility index (Phi) is 5.13. The number of amides is 1. The van der Waals surface area contributed by atoms with Gasteiger partial charge in [-0.2, -0.15) is 0 Å². The maximum absolute atomic E-state index is 12.8. The largest absolute Gasteiger partial charge is 0.497 e. The lowest BCUT2D eigenvalue weighted by Crippen LogP contribution is -2.28. The molecule has 134 valence electrons. The molecule has 1 saturated heterocycles. The Hall–Kier alpha value is -2.28. The number of likely N-dealkylation sites (tertiary alicyclic amines) is 1. The van der Waals surface area contributed by atoms with Crippen LogP contribution in [0.4, 0.5) is 0 Å². The van der Waals surface area contributed by atoms with Crippen molar-refractivity contribution < 1.29 is 19.0 Å². The Morgan fingerprint density at radius 3 is 2.68 bits per heavy atom.